The van der Waals surface area contributed by atoms with Crippen LogP contribution in [0.1, 0.15) is 35.3 Å². The second-order valence-electron chi connectivity index (χ2n) is 7.72. The van der Waals surface area contributed by atoms with Gasteiger partial charge in [0.1, 0.15) is 5.69 Å². The summed E-state index contributed by atoms with van der Waals surface area (Å²) in [5.74, 6) is 1.16. The maximum atomic E-state index is 13.2. The van der Waals surface area contributed by atoms with Crippen LogP contribution in [-0.2, 0) is 0 Å². The Labute approximate surface area is 190 Å². The van der Waals surface area contributed by atoms with Crippen LogP contribution in [0, 0.1) is 6.92 Å². The van der Waals surface area contributed by atoms with Crippen LogP contribution in [0.3, 0.4) is 0 Å². The summed E-state index contributed by atoms with van der Waals surface area (Å²) in [6.07, 6.45) is 3.24. The van der Waals surface area contributed by atoms with Crippen LogP contribution in [0.2, 0.25) is 0 Å². The number of nitrogens with one attached hydrogen (secondary N) is 1. The third-order valence-electron chi connectivity index (χ3n) is 5.61. The number of methoxy groups -OCH3 is 2. The van der Waals surface area contributed by atoms with Gasteiger partial charge < -0.3 is 19.7 Å². The lowest BCUT2D eigenvalue weighted by molar-refractivity contribution is 0.0719. The molecule has 3 aromatic rings. The summed E-state index contributed by atoms with van der Waals surface area (Å²) in [5, 5.41) is 4.33. The molecule has 0 bridgehead atoms. The van der Waals surface area contributed by atoms with Crippen molar-refractivity contribution in [3.8, 4) is 11.5 Å². The van der Waals surface area contributed by atoms with Gasteiger partial charge in [-0.15, -0.1) is 0 Å². The minimum absolute atomic E-state index is 0.0357. The van der Waals surface area contributed by atoms with E-state index in [4.69, 9.17) is 14.5 Å². The van der Waals surface area contributed by atoms with Crippen molar-refractivity contribution < 1.29 is 14.3 Å². The average molecular weight is 484 g/mol. The molecule has 2 heterocycles. The molecule has 6 nitrogen and oxygen atoms in total. The van der Waals surface area contributed by atoms with E-state index in [1.165, 1.54) is 6.42 Å². The third kappa shape index (κ3) is 4.46. The van der Waals surface area contributed by atoms with Gasteiger partial charge in [0.05, 0.1) is 25.4 Å². The first-order valence-electron chi connectivity index (χ1n) is 10.4. The van der Waals surface area contributed by atoms with Crippen molar-refractivity contribution in [3.63, 3.8) is 0 Å². The Bertz CT molecular complexity index is 1130. The minimum Gasteiger partial charge on any atom is -0.493 e. The fourth-order valence-corrected chi connectivity index (χ4v) is 4.15. The number of rotatable bonds is 5. The number of fused-ring (bicyclic) bond motifs is 1. The van der Waals surface area contributed by atoms with E-state index in [-0.39, 0.29) is 5.91 Å². The number of aryl methyl sites for hydroxylation is 1. The lowest BCUT2D eigenvalue weighted by Gasteiger charge is -2.26. The Balaban J connectivity index is 1.83. The maximum absolute atomic E-state index is 13.2. The predicted octanol–water partition coefficient (Wildman–Crippen LogP) is 5.69. The van der Waals surface area contributed by atoms with Crippen LogP contribution < -0.4 is 14.8 Å². The zero-order valence-corrected chi connectivity index (χ0v) is 19.6. The fourth-order valence-electron chi connectivity index (χ4n) is 3.90. The topological polar surface area (TPSA) is 63.7 Å². The molecule has 1 aromatic heterocycles. The smallest absolute Gasteiger partial charge is 0.272 e. The summed E-state index contributed by atoms with van der Waals surface area (Å²) in [4.78, 5) is 19.8. The van der Waals surface area contributed by atoms with Gasteiger partial charge in [-0.25, -0.2) is 4.98 Å². The molecule has 0 atom stereocenters. The highest BCUT2D eigenvalue weighted by molar-refractivity contribution is 9.10. The van der Waals surface area contributed by atoms with Crippen molar-refractivity contribution in [2.45, 2.75) is 26.2 Å². The van der Waals surface area contributed by atoms with Crippen molar-refractivity contribution in [1.82, 2.24) is 9.88 Å². The SMILES string of the molecule is COc1cc2nc(C(=O)N3CCCCC3)cc(Nc3ccc(Br)c(C)c3)c2cc1OC. The van der Waals surface area contributed by atoms with Crippen LogP contribution in [0.4, 0.5) is 11.4 Å². The Morgan fingerprint density at radius 1 is 1.03 bits per heavy atom. The summed E-state index contributed by atoms with van der Waals surface area (Å²) in [6, 6.07) is 11.6. The number of hydrogen-bond acceptors (Lipinski definition) is 5. The van der Waals surface area contributed by atoms with Crippen LogP contribution >= 0.6 is 15.9 Å². The number of hydrogen-bond donors (Lipinski definition) is 1. The Morgan fingerprint density at radius 2 is 1.74 bits per heavy atom. The zero-order valence-electron chi connectivity index (χ0n) is 18.0. The number of likely N-dealkylation sites (tertiary alicyclic amines) is 1. The number of pyridine rings is 1. The Morgan fingerprint density at radius 3 is 2.42 bits per heavy atom. The number of ether oxygens (including phenoxy) is 2. The van der Waals surface area contributed by atoms with Gasteiger partial charge in [-0.05, 0) is 62.1 Å². The van der Waals surface area contributed by atoms with Gasteiger partial charge >= 0.3 is 0 Å². The van der Waals surface area contributed by atoms with E-state index in [0.717, 1.165) is 52.7 Å². The van der Waals surface area contributed by atoms with Crippen LogP contribution in [-0.4, -0.2) is 43.1 Å². The third-order valence-corrected chi connectivity index (χ3v) is 6.50. The lowest BCUT2D eigenvalue weighted by Crippen LogP contribution is -2.36. The molecule has 162 valence electrons. The highest BCUT2D eigenvalue weighted by Crippen LogP contribution is 2.36. The Kier molecular flexibility index (Phi) is 6.32. The van der Waals surface area contributed by atoms with Crippen LogP contribution in [0.15, 0.2) is 40.9 Å². The molecule has 0 saturated carbocycles. The standard InChI is InChI=1S/C24H26BrN3O3/c1-15-11-16(7-8-18(15)25)26-19-13-21(24(29)28-9-5-4-6-10-28)27-20-14-23(31-3)22(30-2)12-17(19)20/h7-8,11-14H,4-6,9-10H2,1-3H3,(H,26,27). The van der Waals surface area contributed by atoms with E-state index in [1.54, 1.807) is 14.2 Å². The monoisotopic (exact) mass is 483 g/mol. The minimum atomic E-state index is -0.0357. The molecule has 0 spiro atoms. The van der Waals surface area contributed by atoms with Crippen molar-refractivity contribution in [3.05, 3.63) is 52.1 Å². The molecule has 2 aromatic carbocycles. The number of benzene rings is 2. The molecule has 1 saturated heterocycles. The van der Waals surface area contributed by atoms with Gasteiger partial charge in [-0.2, -0.15) is 0 Å². The first-order chi connectivity index (χ1) is 15.0. The van der Waals surface area contributed by atoms with Gasteiger partial charge in [0.2, 0.25) is 0 Å². The van der Waals surface area contributed by atoms with Crippen molar-refractivity contribution in [2.75, 3.05) is 32.6 Å². The van der Waals surface area contributed by atoms with E-state index in [0.29, 0.717) is 22.7 Å². The number of amides is 1. The molecule has 0 aliphatic carbocycles. The number of piperidine rings is 1. The predicted molar refractivity (Wildman–Crippen MR) is 127 cm³/mol. The molecule has 1 aliphatic heterocycles. The second kappa shape index (κ2) is 9.14. The molecule has 31 heavy (non-hydrogen) atoms. The molecule has 1 aliphatic rings. The largest absolute Gasteiger partial charge is 0.493 e. The quantitative estimate of drug-likeness (QED) is 0.504. The first kappa shape index (κ1) is 21.4. The number of anilines is 2. The van der Waals surface area contributed by atoms with Crippen LogP contribution in [0.25, 0.3) is 10.9 Å². The van der Waals surface area contributed by atoms with Crippen LogP contribution in [0.5, 0.6) is 11.5 Å². The summed E-state index contributed by atoms with van der Waals surface area (Å²) in [5.41, 5.74) is 3.95. The molecule has 7 heteroatoms. The highest BCUT2D eigenvalue weighted by Gasteiger charge is 2.22. The van der Waals surface area contributed by atoms with E-state index in [9.17, 15) is 4.79 Å². The van der Waals surface area contributed by atoms with Gasteiger partial charge in [-0.3, -0.25) is 4.79 Å². The number of halogens is 1. The normalized spacial score (nSPS) is 13.9. The van der Waals surface area contributed by atoms with Gasteiger partial charge in [0, 0.05) is 34.7 Å². The van der Waals surface area contributed by atoms with Crippen molar-refractivity contribution in [1.29, 1.82) is 0 Å². The molecule has 0 unspecified atom stereocenters. The van der Waals surface area contributed by atoms with Crippen molar-refractivity contribution >= 4 is 44.1 Å². The summed E-state index contributed by atoms with van der Waals surface area (Å²) in [7, 11) is 3.20. The molecule has 0 radical (unpaired) electrons. The molecule has 4 rings (SSSR count). The van der Waals surface area contributed by atoms with E-state index in [2.05, 4.69) is 27.3 Å². The van der Waals surface area contributed by atoms with Gasteiger partial charge in [0.25, 0.3) is 5.91 Å². The summed E-state index contributed by atoms with van der Waals surface area (Å²) in [6.45, 7) is 3.59. The maximum Gasteiger partial charge on any atom is 0.272 e. The highest BCUT2D eigenvalue weighted by atomic mass is 79.9. The van der Waals surface area contributed by atoms with Gasteiger partial charge in [-0.1, -0.05) is 15.9 Å². The number of carbonyl (C=O) groups is 1. The molecule has 1 N–H and O–H groups in total. The second-order valence-corrected chi connectivity index (χ2v) is 8.58. The summed E-state index contributed by atoms with van der Waals surface area (Å²) >= 11 is 3.55. The average Bonchev–Trinajstić information content (AvgIpc) is 2.80. The van der Waals surface area contributed by atoms with Gasteiger partial charge in [0.15, 0.2) is 11.5 Å². The Hall–Kier alpha value is -2.80. The lowest BCUT2D eigenvalue weighted by atomic mass is 10.1. The first-order valence-corrected chi connectivity index (χ1v) is 11.2. The molecular formula is C24H26BrN3O3. The molecular weight excluding hydrogens is 458 g/mol. The van der Waals surface area contributed by atoms with Crippen molar-refractivity contribution in [2.24, 2.45) is 0 Å². The number of aromatic nitrogens is 1. The van der Waals surface area contributed by atoms with E-state index in [1.807, 2.05) is 42.2 Å². The van der Waals surface area contributed by atoms with E-state index >= 15 is 0 Å². The number of nitrogens with zero attached hydrogens (tertiary/aromatic N) is 2. The number of carbonyl (C=O) groups excluding carboxylic acids is 1. The zero-order chi connectivity index (χ0) is 22.0. The summed E-state index contributed by atoms with van der Waals surface area (Å²) < 4.78 is 12.0. The molecule has 1 amide bonds. The molecule has 1 fully saturated rings. The van der Waals surface area contributed by atoms with E-state index < -0.39 is 0 Å². The fraction of sp³-hybridized carbons (Fsp3) is 0.333.